The Morgan fingerprint density at radius 2 is 1.78 bits per heavy atom. The quantitative estimate of drug-likeness (QED) is 0.492. The zero-order valence-corrected chi connectivity index (χ0v) is 21.6. The molecule has 0 aromatic heterocycles. The van der Waals surface area contributed by atoms with Crippen molar-refractivity contribution in [1.82, 2.24) is 15.1 Å². The van der Waals surface area contributed by atoms with E-state index in [1.165, 1.54) is 28.4 Å². The largest absolute Gasteiger partial charge is 0.370 e. The van der Waals surface area contributed by atoms with E-state index >= 15 is 0 Å². The molecule has 0 saturated carbocycles. The normalized spacial score (nSPS) is 17.3. The van der Waals surface area contributed by atoms with Gasteiger partial charge in [0.15, 0.2) is 0 Å². The van der Waals surface area contributed by atoms with Crippen molar-refractivity contribution < 1.29 is 23.6 Å². The molecular formula is C27H31ClFN4O4. The minimum Gasteiger partial charge on any atom is -0.370 e. The van der Waals surface area contributed by atoms with Gasteiger partial charge in [-0.25, -0.2) is 4.39 Å². The molecule has 4 amide bonds. The van der Waals surface area contributed by atoms with Gasteiger partial charge in [0.05, 0.1) is 6.42 Å². The molecule has 1 aliphatic heterocycles. The topological polar surface area (TPSA) is 113 Å². The highest BCUT2D eigenvalue weighted by molar-refractivity contribution is 6.30. The number of nitrogens with two attached hydrogens (primary N) is 1. The molecule has 1 saturated heterocycles. The van der Waals surface area contributed by atoms with E-state index in [2.05, 4.69) is 5.32 Å². The fraction of sp³-hybridized carbons (Fsp3) is 0.370. The van der Waals surface area contributed by atoms with Gasteiger partial charge in [-0.15, -0.1) is 0 Å². The fourth-order valence-corrected chi connectivity index (χ4v) is 4.64. The molecule has 3 rings (SSSR count). The monoisotopic (exact) mass is 529 g/mol. The van der Waals surface area contributed by atoms with Crippen LogP contribution in [0.25, 0.3) is 0 Å². The summed E-state index contributed by atoms with van der Waals surface area (Å²) < 4.78 is 13.2. The van der Waals surface area contributed by atoms with E-state index < -0.39 is 29.3 Å². The zero-order valence-electron chi connectivity index (χ0n) is 20.9. The molecule has 0 unspecified atom stereocenters. The third-order valence-corrected chi connectivity index (χ3v) is 6.84. The second-order valence-corrected chi connectivity index (χ2v) is 9.45. The van der Waals surface area contributed by atoms with Crippen molar-refractivity contribution in [2.24, 2.45) is 5.73 Å². The lowest BCUT2D eigenvalue weighted by molar-refractivity contribution is -0.161. The van der Waals surface area contributed by atoms with Crippen molar-refractivity contribution in [2.45, 2.75) is 44.7 Å². The van der Waals surface area contributed by atoms with Crippen LogP contribution < -0.4 is 11.1 Å². The van der Waals surface area contributed by atoms with Crippen molar-refractivity contribution in [3.8, 4) is 0 Å². The second kappa shape index (κ2) is 12.2. The summed E-state index contributed by atoms with van der Waals surface area (Å²) in [6, 6.07) is 11.5. The summed E-state index contributed by atoms with van der Waals surface area (Å²) in [4.78, 5) is 54.8. The predicted molar refractivity (Wildman–Crippen MR) is 138 cm³/mol. The average molecular weight is 530 g/mol. The Bertz CT molecular complexity index is 1140. The summed E-state index contributed by atoms with van der Waals surface area (Å²) in [5.41, 5.74) is 5.27. The minimum absolute atomic E-state index is 0.0207. The van der Waals surface area contributed by atoms with Crippen LogP contribution in [0.3, 0.4) is 0 Å². The van der Waals surface area contributed by atoms with Gasteiger partial charge in [-0.2, -0.15) is 0 Å². The highest BCUT2D eigenvalue weighted by Crippen LogP contribution is 2.33. The van der Waals surface area contributed by atoms with Crippen LogP contribution in [0.2, 0.25) is 5.02 Å². The highest BCUT2D eigenvalue weighted by Gasteiger charge is 2.49. The molecule has 2 aromatic rings. The fourth-order valence-electron chi connectivity index (χ4n) is 4.51. The van der Waals surface area contributed by atoms with Gasteiger partial charge in [0.2, 0.25) is 23.6 Å². The van der Waals surface area contributed by atoms with Gasteiger partial charge in [0.25, 0.3) is 0 Å². The SMILES string of the molecule is CCNC(=O)[C@](C)(c1ccc(Cl)cc1)N1CCN(C(=O)[CH]Cc2ccc(F)cc2)[C@@H](CCC(N)=O)C1=O. The molecule has 1 heterocycles. The average Bonchev–Trinajstić information content (AvgIpc) is 2.87. The Labute approximate surface area is 220 Å². The van der Waals surface area contributed by atoms with E-state index in [9.17, 15) is 23.6 Å². The molecule has 197 valence electrons. The molecular weight excluding hydrogens is 499 g/mol. The number of hydrogen-bond donors (Lipinski definition) is 2. The van der Waals surface area contributed by atoms with Crippen LogP contribution in [-0.4, -0.2) is 59.1 Å². The number of carbonyl (C=O) groups excluding carboxylic acids is 4. The molecule has 8 nitrogen and oxygen atoms in total. The first-order chi connectivity index (χ1) is 17.6. The maximum Gasteiger partial charge on any atom is 0.250 e. The van der Waals surface area contributed by atoms with Crippen LogP contribution in [0.4, 0.5) is 4.39 Å². The Hall–Kier alpha value is -3.46. The summed E-state index contributed by atoms with van der Waals surface area (Å²) in [7, 11) is 0. The smallest absolute Gasteiger partial charge is 0.250 e. The van der Waals surface area contributed by atoms with E-state index in [0.29, 0.717) is 17.1 Å². The Balaban J connectivity index is 1.89. The predicted octanol–water partition coefficient (Wildman–Crippen LogP) is 2.58. The van der Waals surface area contributed by atoms with Gasteiger partial charge in [-0.3, -0.25) is 19.2 Å². The lowest BCUT2D eigenvalue weighted by Gasteiger charge is -2.48. The third kappa shape index (κ3) is 6.46. The van der Waals surface area contributed by atoms with E-state index in [0.717, 1.165) is 5.56 Å². The van der Waals surface area contributed by atoms with Gasteiger partial charge in [0.1, 0.15) is 17.4 Å². The number of amides is 4. The number of benzene rings is 2. The van der Waals surface area contributed by atoms with Crippen molar-refractivity contribution in [3.05, 3.63) is 76.9 Å². The first-order valence-corrected chi connectivity index (χ1v) is 12.5. The first kappa shape index (κ1) is 28.1. The van der Waals surface area contributed by atoms with E-state index in [4.69, 9.17) is 17.3 Å². The minimum atomic E-state index is -1.38. The Kier molecular flexibility index (Phi) is 9.26. The molecule has 1 fully saturated rings. The zero-order chi connectivity index (χ0) is 27.2. The van der Waals surface area contributed by atoms with Gasteiger partial charge in [0, 0.05) is 31.1 Å². The number of hydrogen-bond acceptors (Lipinski definition) is 4. The molecule has 0 spiro atoms. The molecule has 37 heavy (non-hydrogen) atoms. The van der Waals surface area contributed by atoms with Crippen molar-refractivity contribution in [2.75, 3.05) is 19.6 Å². The number of piperazine rings is 1. The summed E-state index contributed by atoms with van der Waals surface area (Å²) in [6.07, 6.45) is 1.59. The van der Waals surface area contributed by atoms with Gasteiger partial charge >= 0.3 is 0 Å². The van der Waals surface area contributed by atoms with Crippen LogP contribution >= 0.6 is 11.6 Å². The van der Waals surface area contributed by atoms with E-state index in [-0.39, 0.29) is 44.1 Å². The summed E-state index contributed by atoms with van der Waals surface area (Å²) in [5.74, 6) is -2.20. The van der Waals surface area contributed by atoms with Crippen LogP contribution in [-0.2, 0) is 31.1 Å². The van der Waals surface area contributed by atoms with Gasteiger partial charge < -0.3 is 20.9 Å². The Morgan fingerprint density at radius 1 is 1.14 bits per heavy atom. The standard InChI is InChI=1S/C27H31ClFN4O4/c1-3-31-26(37)27(2,19-7-9-20(28)10-8-19)33-17-16-32(22(25(33)36)13-14-23(30)34)24(35)15-6-18-4-11-21(29)12-5-18/h4-5,7-12,15,22H,3,6,13-14,16-17H2,1-2H3,(H2,30,34)(H,31,37)/t22-,27-/m0/s1. The lowest BCUT2D eigenvalue weighted by atomic mass is 9.86. The number of primary amides is 1. The number of rotatable bonds is 10. The highest BCUT2D eigenvalue weighted by atomic mass is 35.5. The maximum absolute atomic E-state index is 13.9. The molecule has 2 aromatic carbocycles. The molecule has 2 atom stereocenters. The molecule has 1 radical (unpaired) electrons. The first-order valence-electron chi connectivity index (χ1n) is 12.1. The molecule has 3 N–H and O–H groups in total. The third-order valence-electron chi connectivity index (χ3n) is 6.59. The van der Waals surface area contributed by atoms with E-state index in [1.807, 2.05) is 0 Å². The molecule has 10 heteroatoms. The number of halogens is 2. The number of likely N-dealkylation sites (N-methyl/N-ethyl adjacent to an activating group) is 1. The summed E-state index contributed by atoms with van der Waals surface area (Å²) >= 11 is 6.06. The molecule has 1 aliphatic rings. The van der Waals surface area contributed by atoms with Crippen LogP contribution in [0.1, 0.15) is 37.8 Å². The van der Waals surface area contributed by atoms with Crippen LogP contribution in [0, 0.1) is 12.2 Å². The van der Waals surface area contributed by atoms with Crippen LogP contribution in [0.15, 0.2) is 48.5 Å². The van der Waals surface area contributed by atoms with Crippen molar-refractivity contribution in [3.63, 3.8) is 0 Å². The van der Waals surface area contributed by atoms with Crippen molar-refractivity contribution >= 4 is 35.2 Å². The maximum atomic E-state index is 13.9. The summed E-state index contributed by atoms with van der Waals surface area (Å²) in [5, 5.41) is 3.29. The van der Waals surface area contributed by atoms with Gasteiger partial charge in [-0.1, -0.05) is 35.9 Å². The summed E-state index contributed by atoms with van der Waals surface area (Å²) in [6.45, 7) is 4.04. The molecule has 0 aliphatic carbocycles. The number of carbonyl (C=O) groups is 4. The van der Waals surface area contributed by atoms with Crippen molar-refractivity contribution in [1.29, 1.82) is 0 Å². The lowest BCUT2D eigenvalue weighted by Crippen LogP contribution is -2.66. The number of nitrogens with zero attached hydrogens (tertiary/aromatic N) is 2. The van der Waals surface area contributed by atoms with E-state index in [1.54, 1.807) is 50.2 Å². The second-order valence-electron chi connectivity index (χ2n) is 9.02. The van der Waals surface area contributed by atoms with Gasteiger partial charge in [-0.05, 0) is 62.1 Å². The molecule has 0 bridgehead atoms. The Morgan fingerprint density at radius 3 is 2.38 bits per heavy atom. The van der Waals surface area contributed by atoms with Crippen LogP contribution in [0.5, 0.6) is 0 Å². The number of nitrogens with one attached hydrogen (secondary N) is 1.